The van der Waals surface area contributed by atoms with Crippen LogP contribution in [0.3, 0.4) is 0 Å². The number of aromatic nitrogens is 4. The van der Waals surface area contributed by atoms with Gasteiger partial charge in [-0.25, -0.2) is 0 Å². The van der Waals surface area contributed by atoms with Crippen LogP contribution in [0.1, 0.15) is 42.9 Å². The van der Waals surface area contributed by atoms with Crippen LogP contribution in [0.15, 0.2) is 35.7 Å². The van der Waals surface area contributed by atoms with Crippen molar-refractivity contribution in [3.63, 3.8) is 0 Å². The molecule has 0 amide bonds. The summed E-state index contributed by atoms with van der Waals surface area (Å²) >= 11 is 1.45. The molecule has 0 unspecified atom stereocenters. The number of nitrogens with one attached hydrogen (secondary N) is 1. The molecule has 0 saturated carbocycles. The molecule has 1 N–H and O–H groups in total. The first-order valence-corrected chi connectivity index (χ1v) is 8.54. The van der Waals surface area contributed by atoms with Crippen molar-refractivity contribution in [3.05, 3.63) is 41.9 Å². The van der Waals surface area contributed by atoms with Crippen LogP contribution < -0.4 is 0 Å². The molecule has 2 aromatic heterocycles. The lowest BCUT2D eigenvalue weighted by Crippen LogP contribution is -2.15. The lowest BCUT2D eigenvalue weighted by atomic mass is 10.1. The van der Waals surface area contributed by atoms with E-state index in [1.807, 2.05) is 42.7 Å². The summed E-state index contributed by atoms with van der Waals surface area (Å²) < 4.78 is 1.98. The minimum Gasteiger partial charge on any atom is -0.358 e. The minimum atomic E-state index is -0.227. The maximum atomic E-state index is 12.9. The van der Waals surface area contributed by atoms with E-state index >= 15 is 0 Å². The predicted molar refractivity (Wildman–Crippen MR) is 93.1 cm³/mol. The number of benzene rings is 1. The van der Waals surface area contributed by atoms with Crippen molar-refractivity contribution >= 4 is 28.4 Å². The number of Topliss-reactive ketones (excluding diaryl/α,β-unsaturated/α-hetero) is 1. The molecule has 120 valence electrons. The Kier molecular flexibility index (Phi) is 4.26. The zero-order chi connectivity index (χ0) is 16.6. The Morgan fingerprint density at radius 3 is 2.74 bits per heavy atom. The van der Waals surface area contributed by atoms with E-state index in [0.717, 1.165) is 27.3 Å². The lowest BCUT2D eigenvalue weighted by Gasteiger charge is -2.13. The monoisotopic (exact) mass is 328 g/mol. The highest BCUT2D eigenvalue weighted by Gasteiger charge is 2.24. The van der Waals surface area contributed by atoms with Gasteiger partial charge < -0.3 is 9.55 Å². The van der Waals surface area contributed by atoms with Gasteiger partial charge in [0.2, 0.25) is 0 Å². The number of carbonyl (C=O) groups excluding carboxylic acids is 1. The Morgan fingerprint density at radius 1 is 1.26 bits per heavy atom. The van der Waals surface area contributed by atoms with Gasteiger partial charge in [-0.1, -0.05) is 30.0 Å². The van der Waals surface area contributed by atoms with Gasteiger partial charge in [-0.05, 0) is 33.8 Å². The second-order valence-electron chi connectivity index (χ2n) is 5.91. The molecule has 0 fully saturated rings. The molecule has 6 heteroatoms. The fourth-order valence-corrected chi connectivity index (χ4v) is 3.69. The first-order valence-electron chi connectivity index (χ1n) is 7.66. The maximum Gasteiger partial charge on any atom is 0.191 e. The number of hydrogen-bond donors (Lipinski definition) is 1. The number of carbonyl (C=O) groups is 1. The summed E-state index contributed by atoms with van der Waals surface area (Å²) in [6.07, 6.45) is 1.71. The normalized spacial score (nSPS) is 12.9. The molecule has 1 atom stereocenters. The van der Waals surface area contributed by atoms with Crippen LogP contribution in [0.2, 0.25) is 0 Å². The molecule has 0 radical (unpaired) electrons. The van der Waals surface area contributed by atoms with Crippen LogP contribution in [0.5, 0.6) is 0 Å². The molecule has 5 nitrogen and oxygen atoms in total. The highest BCUT2D eigenvalue weighted by molar-refractivity contribution is 8.00. The number of aromatic amines is 1. The molecule has 3 aromatic rings. The van der Waals surface area contributed by atoms with Gasteiger partial charge in [0.25, 0.3) is 0 Å². The van der Waals surface area contributed by atoms with Crippen LogP contribution in [-0.2, 0) is 0 Å². The maximum absolute atomic E-state index is 12.9. The van der Waals surface area contributed by atoms with E-state index in [4.69, 9.17) is 0 Å². The van der Waals surface area contributed by atoms with Gasteiger partial charge in [0, 0.05) is 28.2 Å². The number of para-hydroxylation sites is 1. The third-order valence-electron chi connectivity index (χ3n) is 3.89. The number of fused-ring (bicyclic) bond motifs is 1. The van der Waals surface area contributed by atoms with Crippen LogP contribution in [0.4, 0.5) is 0 Å². The SMILES string of the molecule is Cc1[nH]c2ccccc2c1C(=O)[C@H](C)Sc1nncn1C(C)C. The Hall–Kier alpha value is -2.08. The van der Waals surface area contributed by atoms with Crippen LogP contribution in [0.25, 0.3) is 10.9 Å². The molecule has 0 bridgehead atoms. The lowest BCUT2D eigenvalue weighted by molar-refractivity contribution is 0.0995. The van der Waals surface area contributed by atoms with Gasteiger partial charge in [0.15, 0.2) is 10.9 Å². The van der Waals surface area contributed by atoms with E-state index in [1.165, 1.54) is 11.8 Å². The predicted octanol–water partition coefficient (Wildman–Crippen LogP) is 4.01. The fraction of sp³-hybridized carbons (Fsp3) is 0.353. The van der Waals surface area contributed by atoms with Crippen molar-refractivity contribution in [3.8, 4) is 0 Å². The summed E-state index contributed by atoms with van der Waals surface area (Å²) in [7, 11) is 0. The molecule has 2 heterocycles. The first kappa shape index (κ1) is 15.8. The fourth-order valence-electron chi connectivity index (χ4n) is 2.68. The molecular weight excluding hydrogens is 308 g/mol. The largest absolute Gasteiger partial charge is 0.358 e. The second-order valence-corrected chi connectivity index (χ2v) is 7.22. The summed E-state index contributed by atoms with van der Waals surface area (Å²) in [5, 5.41) is 9.63. The van der Waals surface area contributed by atoms with Gasteiger partial charge in [0.1, 0.15) is 6.33 Å². The molecular formula is C17H20N4OS. The van der Waals surface area contributed by atoms with E-state index in [1.54, 1.807) is 6.33 Å². The molecule has 0 aliphatic heterocycles. The molecule has 1 aromatic carbocycles. The number of H-pyrrole nitrogens is 1. The average molecular weight is 328 g/mol. The molecule has 3 rings (SSSR count). The third kappa shape index (κ3) is 2.91. The zero-order valence-electron chi connectivity index (χ0n) is 13.7. The quantitative estimate of drug-likeness (QED) is 0.568. The summed E-state index contributed by atoms with van der Waals surface area (Å²) in [5.74, 6) is 0.114. The number of nitrogens with zero attached hydrogens (tertiary/aromatic N) is 3. The number of thioether (sulfide) groups is 1. The van der Waals surface area contributed by atoms with Crippen LogP contribution in [0, 0.1) is 6.92 Å². The summed E-state index contributed by atoms with van der Waals surface area (Å²) in [5.41, 5.74) is 2.68. The second kappa shape index (κ2) is 6.20. The van der Waals surface area contributed by atoms with Crippen LogP contribution >= 0.6 is 11.8 Å². The van der Waals surface area contributed by atoms with E-state index in [-0.39, 0.29) is 17.1 Å². The van der Waals surface area contributed by atoms with Crippen molar-refractivity contribution in [1.82, 2.24) is 19.7 Å². The van der Waals surface area contributed by atoms with Crippen molar-refractivity contribution < 1.29 is 4.79 Å². The Balaban J connectivity index is 1.90. The zero-order valence-corrected chi connectivity index (χ0v) is 14.5. The van der Waals surface area contributed by atoms with E-state index in [2.05, 4.69) is 29.0 Å². The Labute approximate surface area is 139 Å². The summed E-state index contributed by atoms with van der Waals surface area (Å²) in [6, 6.07) is 8.17. The number of rotatable bonds is 5. The Morgan fingerprint density at radius 2 is 2.00 bits per heavy atom. The van der Waals surface area contributed by atoms with Gasteiger partial charge in [-0.2, -0.15) is 0 Å². The van der Waals surface area contributed by atoms with Crippen molar-refractivity contribution in [2.24, 2.45) is 0 Å². The molecule has 0 aliphatic carbocycles. The number of aryl methyl sites for hydroxylation is 1. The van der Waals surface area contributed by atoms with Gasteiger partial charge in [-0.3, -0.25) is 4.79 Å². The number of ketones is 1. The summed E-state index contributed by atoms with van der Waals surface area (Å²) in [6.45, 7) is 8.02. The minimum absolute atomic E-state index is 0.114. The standard InChI is InChI=1S/C17H20N4OS/c1-10(2)21-9-18-20-17(21)23-12(4)16(22)15-11(3)19-14-8-6-5-7-13(14)15/h5-10,12,19H,1-4H3/t12-/m0/s1. The molecule has 0 spiro atoms. The van der Waals surface area contributed by atoms with Gasteiger partial charge in [-0.15, -0.1) is 10.2 Å². The van der Waals surface area contributed by atoms with Gasteiger partial charge >= 0.3 is 0 Å². The highest BCUT2D eigenvalue weighted by atomic mass is 32.2. The molecule has 23 heavy (non-hydrogen) atoms. The van der Waals surface area contributed by atoms with Crippen molar-refractivity contribution in [1.29, 1.82) is 0 Å². The number of hydrogen-bond acceptors (Lipinski definition) is 4. The molecule has 0 aliphatic rings. The van der Waals surface area contributed by atoms with E-state index in [0.29, 0.717) is 0 Å². The van der Waals surface area contributed by atoms with Crippen molar-refractivity contribution in [2.45, 2.75) is 44.1 Å². The first-order chi connectivity index (χ1) is 11.0. The topological polar surface area (TPSA) is 63.6 Å². The van der Waals surface area contributed by atoms with Crippen molar-refractivity contribution in [2.75, 3.05) is 0 Å². The van der Waals surface area contributed by atoms with E-state index in [9.17, 15) is 4.79 Å². The van der Waals surface area contributed by atoms with Gasteiger partial charge in [0.05, 0.1) is 5.25 Å². The summed E-state index contributed by atoms with van der Waals surface area (Å²) in [4.78, 5) is 16.2. The highest BCUT2D eigenvalue weighted by Crippen LogP contribution is 2.29. The molecule has 0 saturated heterocycles. The average Bonchev–Trinajstić information content (AvgIpc) is 3.09. The van der Waals surface area contributed by atoms with E-state index < -0.39 is 0 Å². The smallest absolute Gasteiger partial charge is 0.191 e. The Bertz CT molecular complexity index is 849. The van der Waals surface area contributed by atoms with Crippen LogP contribution in [-0.4, -0.2) is 30.8 Å². The third-order valence-corrected chi connectivity index (χ3v) is 4.96.